The Bertz CT molecular complexity index is 252. The molecule has 0 saturated heterocycles. The van der Waals surface area contributed by atoms with Crippen molar-refractivity contribution in [3.8, 4) is 0 Å². The monoisotopic (exact) mass is 233 g/mol. The van der Waals surface area contributed by atoms with Gasteiger partial charge in [0, 0.05) is 18.5 Å². The lowest BCUT2D eigenvalue weighted by atomic mass is 10.2. The molecule has 0 aromatic carbocycles. The normalized spacial score (nSPS) is 10.7. The Morgan fingerprint density at radius 3 is 2.93 bits per heavy atom. The van der Waals surface area contributed by atoms with Gasteiger partial charge in [0.05, 0.1) is 10.9 Å². The molecular formula is C10H16ClNOS. The van der Waals surface area contributed by atoms with E-state index in [1.165, 1.54) is 4.88 Å². The second kappa shape index (κ2) is 7.23. The first-order valence-electron chi connectivity index (χ1n) is 4.77. The van der Waals surface area contributed by atoms with Gasteiger partial charge < -0.3 is 10.1 Å². The SMILES string of the molecule is COCCNCCCc1ccc(Cl)s1. The van der Waals surface area contributed by atoms with Gasteiger partial charge in [0.15, 0.2) is 0 Å². The van der Waals surface area contributed by atoms with Crippen LogP contribution < -0.4 is 5.32 Å². The van der Waals surface area contributed by atoms with Crippen LogP contribution in [0.1, 0.15) is 11.3 Å². The zero-order valence-electron chi connectivity index (χ0n) is 8.38. The van der Waals surface area contributed by atoms with Gasteiger partial charge in [-0.05, 0) is 31.5 Å². The van der Waals surface area contributed by atoms with Crippen molar-refractivity contribution in [2.75, 3.05) is 26.8 Å². The van der Waals surface area contributed by atoms with Gasteiger partial charge in [0.1, 0.15) is 0 Å². The maximum absolute atomic E-state index is 5.83. The summed E-state index contributed by atoms with van der Waals surface area (Å²) >= 11 is 7.50. The zero-order chi connectivity index (χ0) is 10.2. The molecule has 2 nitrogen and oxygen atoms in total. The fraction of sp³-hybridized carbons (Fsp3) is 0.600. The minimum absolute atomic E-state index is 0.783. The molecule has 0 fully saturated rings. The third kappa shape index (κ3) is 4.96. The lowest BCUT2D eigenvalue weighted by Gasteiger charge is -2.02. The quantitative estimate of drug-likeness (QED) is 0.731. The maximum Gasteiger partial charge on any atom is 0.0931 e. The third-order valence-corrected chi connectivity index (χ3v) is 3.18. The molecule has 1 aromatic rings. The number of hydrogen-bond acceptors (Lipinski definition) is 3. The summed E-state index contributed by atoms with van der Waals surface area (Å²) in [6, 6.07) is 4.06. The van der Waals surface area contributed by atoms with Crippen LogP contribution in [0.25, 0.3) is 0 Å². The molecule has 0 aliphatic carbocycles. The highest BCUT2D eigenvalue weighted by molar-refractivity contribution is 7.16. The molecule has 0 spiro atoms. The van der Waals surface area contributed by atoms with Crippen LogP contribution in [0, 0.1) is 0 Å². The summed E-state index contributed by atoms with van der Waals surface area (Å²) in [7, 11) is 1.72. The van der Waals surface area contributed by atoms with Crippen molar-refractivity contribution < 1.29 is 4.74 Å². The van der Waals surface area contributed by atoms with Gasteiger partial charge in [-0.3, -0.25) is 0 Å². The first kappa shape index (κ1) is 12.0. The van der Waals surface area contributed by atoms with E-state index in [0.717, 1.165) is 36.9 Å². The Hall–Kier alpha value is -0.0900. The van der Waals surface area contributed by atoms with E-state index in [2.05, 4.69) is 11.4 Å². The molecule has 1 heterocycles. The molecule has 0 radical (unpaired) electrons. The van der Waals surface area contributed by atoms with Crippen molar-refractivity contribution in [2.24, 2.45) is 0 Å². The fourth-order valence-electron chi connectivity index (χ4n) is 1.17. The number of aryl methyl sites for hydroxylation is 1. The minimum Gasteiger partial charge on any atom is -0.383 e. The number of nitrogens with one attached hydrogen (secondary N) is 1. The molecule has 0 aliphatic rings. The van der Waals surface area contributed by atoms with E-state index in [4.69, 9.17) is 16.3 Å². The summed E-state index contributed by atoms with van der Waals surface area (Å²) in [5.74, 6) is 0. The first-order chi connectivity index (χ1) is 6.83. The van der Waals surface area contributed by atoms with Crippen LogP contribution in [-0.4, -0.2) is 26.8 Å². The molecule has 1 rings (SSSR count). The Balaban J connectivity index is 1.99. The maximum atomic E-state index is 5.83. The molecule has 0 unspecified atom stereocenters. The van der Waals surface area contributed by atoms with E-state index >= 15 is 0 Å². The summed E-state index contributed by atoms with van der Waals surface area (Å²) in [5, 5.41) is 3.31. The van der Waals surface area contributed by atoms with Crippen molar-refractivity contribution in [1.29, 1.82) is 0 Å². The molecule has 0 bridgehead atoms. The number of ether oxygens (including phenoxy) is 1. The van der Waals surface area contributed by atoms with E-state index in [0.29, 0.717) is 0 Å². The van der Waals surface area contributed by atoms with E-state index < -0.39 is 0 Å². The van der Waals surface area contributed by atoms with Crippen LogP contribution in [-0.2, 0) is 11.2 Å². The molecular weight excluding hydrogens is 218 g/mol. The average molecular weight is 234 g/mol. The van der Waals surface area contributed by atoms with Gasteiger partial charge in [0.2, 0.25) is 0 Å². The summed E-state index contributed by atoms with van der Waals surface area (Å²) in [4.78, 5) is 1.36. The lowest BCUT2D eigenvalue weighted by Crippen LogP contribution is -2.20. The summed E-state index contributed by atoms with van der Waals surface area (Å²) in [5.41, 5.74) is 0. The van der Waals surface area contributed by atoms with Crippen LogP contribution in [0.3, 0.4) is 0 Å². The molecule has 0 saturated carbocycles. The number of rotatable bonds is 7. The van der Waals surface area contributed by atoms with Crippen molar-refractivity contribution in [1.82, 2.24) is 5.32 Å². The summed E-state index contributed by atoms with van der Waals surface area (Å²) < 4.78 is 5.81. The zero-order valence-corrected chi connectivity index (χ0v) is 9.96. The van der Waals surface area contributed by atoms with Crippen LogP contribution in [0.15, 0.2) is 12.1 Å². The van der Waals surface area contributed by atoms with Gasteiger partial charge in [-0.1, -0.05) is 11.6 Å². The Kier molecular flexibility index (Phi) is 6.19. The van der Waals surface area contributed by atoms with Crippen molar-refractivity contribution >= 4 is 22.9 Å². The highest BCUT2D eigenvalue weighted by Gasteiger charge is 1.97. The minimum atomic E-state index is 0.783. The Morgan fingerprint density at radius 1 is 1.43 bits per heavy atom. The van der Waals surface area contributed by atoms with Gasteiger partial charge in [-0.2, -0.15) is 0 Å². The van der Waals surface area contributed by atoms with Gasteiger partial charge >= 0.3 is 0 Å². The highest BCUT2D eigenvalue weighted by Crippen LogP contribution is 2.22. The van der Waals surface area contributed by atoms with E-state index in [9.17, 15) is 0 Å². The molecule has 0 aliphatic heterocycles. The van der Waals surface area contributed by atoms with E-state index in [-0.39, 0.29) is 0 Å². The topological polar surface area (TPSA) is 21.3 Å². The standard InChI is InChI=1S/C10H16ClNOS/c1-13-8-7-12-6-2-3-9-4-5-10(11)14-9/h4-5,12H,2-3,6-8H2,1H3. The summed E-state index contributed by atoms with van der Waals surface area (Å²) in [6.07, 6.45) is 2.26. The number of hydrogen-bond donors (Lipinski definition) is 1. The first-order valence-corrected chi connectivity index (χ1v) is 5.96. The van der Waals surface area contributed by atoms with Crippen molar-refractivity contribution in [2.45, 2.75) is 12.8 Å². The summed E-state index contributed by atoms with van der Waals surface area (Å²) in [6.45, 7) is 2.76. The lowest BCUT2D eigenvalue weighted by molar-refractivity contribution is 0.199. The van der Waals surface area contributed by atoms with Gasteiger partial charge in [-0.25, -0.2) is 0 Å². The molecule has 80 valence electrons. The van der Waals surface area contributed by atoms with Gasteiger partial charge in [-0.15, -0.1) is 11.3 Å². The predicted octanol–water partition coefficient (Wildman–Crippen LogP) is 2.57. The van der Waals surface area contributed by atoms with Crippen LogP contribution in [0.2, 0.25) is 4.34 Å². The molecule has 14 heavy (non-hydrogen) atoms. The number of halogens is 1. The van der Waals surface area contributed by atoms with E-state index in [1.807, 2.05) is 6.07 Å². The number of thiophene rings is 1. The fourth-order valence-corrected chi connectivity index (χ4v) is 2.30. The molecule has 0 atom stereocenters. The Labute approximate surface area is 94.2 Å². The van der Waals surface area contributed by atoms with Crippen LogP contribution in [0.5, 0.6) is 0 Å². The third-order valence-electron chi connectivity index (χ3n) is 1.89. The molecule has 1 N–H and O–H groups in total. The van der Waals surface area contributed by atoms with E-state index in [1.54, 1.807) is 18.4 Å². The number of methoxy groups -OCH3 is 1. The van der Waals surface area contributed by atoms with Crippen molar-refractivity contribution in [3.63, 3.8) is 0 Å². The Morgan fingerprint density at radius 2 is 2.29 bits per heavy atom. The second-order valence-corrected chi connectivity index (χ2v) is 4.85. The van der Waals surface area contributed by atoms with Crippen LogP contribution >= 0.6 is 22.9 Å². The van der Waals surface area contributed by atoms with Crippen LogP contribution in [0.4, 0.5) is 0 Å². The highest BCUT2D eigenvalue weighted by atomic mass is 35.5. The average Bonchev–Trinajstić information content (AvgIpc) is 2.58. The second-order valence-electron chi connectivity index (χ2n) is 3.05. The van der Waals surface area contributed by atoms with Gasteiger partial charge in [0.25, 0.3) is 0 Å². The predicted molar refractivity (Wildman–Crippen MR) is 62.4 cm³/mol. The van der Waals surface area contributed by atoms with Crippen molar-refractivity contribution in [3.05, 3.63) is 21.3 Å². The molecule has 1 aromatic heterocycles. The molecule has 0 amide bonds. The smallest absolute Gasteiger partial charge is 0.0931 e. The molecule has 4 heteroatoms. The largest absolute Gasteiger partial charge is 0.383 e.